The molecule has 0 unspecified atom stereocenters. The van der Waals surface area contributed by atoms with Crippen LogP contribution in [0.15, 0.2) is 17.0 Å². The van der Waals surface area contributed by atoms with E-state index in [1.165, 1.54) is 6.20 Å². The Hall–Kier alpha value is -3.70. The van der Waals surface area contributed by atoms with Crippen molar-refractivity contribution in [3.8, 4) is 11.5 Å². The Morgan fingerprint density at radius 1 is 1.30 bits per heavy atom. The van der Waals surface area contributed by atoms with E-state index in [1.807, 2.05) is 32.3 Å². The van der Waals surface area contributed by atoms with Gasteiger partial charge in [-0.25, -0.2) is 14.4 Å². The molecule has 1 fully saturated rings. The van der Waals surface area contributed by atoms with Crippen LogP contribution in [0.3, 0.4) is 0 Å². The van der Waals surface area contributed by atoms with E-state index in [9.17, 15) is 9.59 Å². The molecular formula is C21H28N8O4. The average Bonchev–Trinajstić information content (AvgIpc) is 3.48. The SMILES string of the molecule is CCn1c(-c2nonc2N)nc2cncc(C(=O)NC[C@@H]3CCN(C(=O)OC(C)(C)C)C3)c21. The third kappa shape index (κ3) is 4.59. The summed E-state index contributed by atoms with van der Waals surface area (Å²) in [5.41, 5.74) is 7.18. The predicted octanol–water partition coefficient (Wildman–Crippen LogP) is 2.07. The van der Waals surface area contributed by atoms with Gasteiger partial charge in [-0.2, -0.15) is 0 Å². The highest BCUT2D eigenvalue weighted by Gasteiger charge is 2.30. The fourth-order valence-corrected chi connectivity index (χ4v) is 3.92. The number of imidazole rings is 1. The maximum absolute atomic E-state index is 13.1. The molecule has 3 aromatic heterocycles. The second kappa shape index (κ2) is 8.68. The highest BCUT2D eigenvalue weighted by Crippen LogP contribution is 2.28. The molecule has 12 heteroatoms. The maximum Gasteiger partial charge on any atom is 0.410 e. The van der Waals surface area contributed by atoms with Crippen LogP contribution in [-0.4, -0.2) is 67.0 Å². The number of rotatable bonds is 5. The molecule has 1 saturated heterocycles. The Balaban J connectivity index is 1.49. The summed E-state index contributed by atoms with van der Waals surface area (Å²) in [6.45, 7) is 9.55. The van der Waals surface area contributed by atoms with Gasteiger partial charge in [-0.05, 0) is 50.3 Å². The number of anilines is 1. The summed E-state index contributed by atoms with van der Waals surface area (Å²) in [6.07, 6.45) is 3.56. The lowest BCUT2D eigenvalue weighted by Crippen LogP contribution is -2.36. The molecule has 176 valence electrons. The largest absolute Gasteiger partial charge is 0.444 e. The first kappa shape index (κ1) is 22.5. The molecule has 1 aliphatic heterocycles. The van der Waals surface area contributed by atoms with Crippen LogP contribution < -0.4 is 11.1 Å². The molecule has 3 N–H and O–H groups in total. The number of carbonyl (C=O) groups excluding carboxylic acids is 2. The van der Waals surface area contributed by atoms with E-state index in [0.717, 1.165) is 6.42 Å². The summed E-state index contributed by atoms with van der Waals surface area (Å²) in [6, 6.07) is 0. The number of amides is 2. The molecule has 0 aliphatic carbocycles. The van der Waals surface area contributed by atoms with Crippen molar-refractivity contribution in [1.82, 2.24) is 35.1 Å². The van der Waals surface area contributed by atoms with Crippen molar-refractivity contribution in [2.45, 2.75) is 46.3 Å². The Kier molecular flexibility index (Phi) is 5.91. The molecule has 1 aliphatic rings. The molecule has 0 spiro atoms. The molecule has 4 rings (SSSR count). The van der Waals surface area contributed by atoms with Crippen molar-refractivity contribution in [2.24, 2.45) is 5.92 Å². The van der Waals surface area contributed by atoms with Crippen LogP contribution in [0.4, 0.5) is 10.6 Å². The standard InChI is InChI=1S/C21H28N8O4/c1-5-29-16-13(9-23-10-14(16)25-18(29)15-17(22)27-33-26-15)19(30)24-8-12-6-7-28(11-12)20(31)32-21(2,3)4/h9-10,12H,5-8,11H2,1-4H3,(H2,22,27)(H,24,30)/t12-/m0/s1. The number of hydrogen-bond acceptors (Lipinski definition) is 9. The van der Waals surface area contributed by atoms with Gasteiger partial charge < -0.3 is 25.3 Å². The highest BCUT2D eigenvalue weighted by molar-refractivity contribution is 6.05. The molecule has 1 atom stereocenters. The van der Waals surface area contributed by atoms with Crippen LogP contribution >= 0.6 is 0 Å². The number of nitrogen functional groups attached to an aromatic ring is 1. The average molecular weight is 457 g/mol. The van der Waals surface area contributed by atoms with Gasteiger partial charge in [0.05, 0.1) is 17.3 Å². The Labute approximate surface area is 190 Å². The number of likely N-dealkylation sites (tertiary alicyclic amines) is 1. The number of carbonyl (C=O) groups is 2. The van der Waals surface area contributed by atoms with Gasteiger partial charge in [0.15, 0.2) is 17.3 Å². The molecule has 33 heavy (non-hydrogen) atoms. The molecular weight excluding hydrogens is 428 g/mol. The second-order valence-electron chi connectivity index (χ2n) is 9.02. The normalized spacial score (nSPS) is 16.4. The Morgan fingerprint density at radius 3 is 2.76 bits per heavy atom. The van der Waals surface area contributed by atoms with E-state index < -0.39 is 5.60 Å². The van der Waals surface area contributed by atoms with E-state index >= 15 is 0 Å². The van der Waals surface area contributed by atoms with Crippen molar-refractivity contribution in [2.75, 3.05) is 25.4 Å². The van der Waals surface area contributed by atoms with Crippen LogP contribution in [0.25, 0.3) is 22.6 Å². The number of hydrogen-bond donors (Lipinski definition) is 2. The minimum absolute atomic E-state index is 0.120. The van der Waals surface area contributed by atoms with E-state index in [0.29, 0.717) is 54.3 Å². The minimum atomic E-state index is -0.539. The number of pyridine rings is 1. The molecule has 0 bridgehead atoms. The van der Waals surface area contributed by atoms with Gasteiger partial charge in [0, 0.05) is 32.4 Å². The van der Waals surface area contributed by atoms with Crippen molar-refractivity contribution in [3.63, 3.8) is 0 Å². The molecule has 12 nitrogen and oxygen atoms in total. The van der Waals surface area contributed by atoms with E-state index in [1.54, 1.807) is 11.1 Å². The van der Waals surface area contributed by atoms with Crippen LogP contribution in [0.1, 0.15) is 44.5 Å². The first-order valence-electron chi connectivity index (χ1n) is 10.9. The summed E-state index contributed by atoms with van der Waals surface area (Å²) in [5, 5.41) is 10.4. The number of aromatic nitrogens is 5. The predicted molar refractivity (Wildman–Crippen MR) is 119 cm³/mol. The molecule has 4 heterocycles. The fraction of sp³-hybridized carbons (Fsp3) is 0.524. The van der Waals surface area contributed by atoms with Gasteiger partial charge in [-0.1, -0.05) is 0 Å². The van der Waals surface area contributed by atoms with Crippen molar-refractivity contribution >= 4 is 28.9 Å². The van der Waals surface area contributed by atoms with Gasteiger partial charge >= 0.3 is 6.09 Å². The van der Waals surface area contributed by atoms with Crippen LogP contribution in [0.2, 0.25) is 0 Å². The number of nitrogens with one attached hydrogen (secondary N) is 1. The summed E-state index contributed by atoms with van der Waals surface area (Å²) < 4.78 is 12.0. The quantitative estimate of drug-likeness (QED) is 0.587. The third-order valence-electron chi connectivity index (χ3n) is 5.43. The highest BCUT2D eigenvalue weighted by atomic mass is 16.6. The van der Waals surface area contributed by atoms with E-state index in [2.05, 4.69) is 25.6 Å². The number of fused-ring (bicyclic) bond motifs is 1. The summed E-state index contributed by atoms with van der Waals surface area (Å²) in [5.74, 6) is 0.448. The zero-order valence-corrected chi connectivity index (χ0v) is 19.2. The Morgan fingerprint density at radius 2 is 2.09 bits per heavy atom. The minimum Gasteiger partial charge on any atom is -0.444 e. The first-order chi connectivity index (χ1) is 15.7. The van der Waals surface area contributed by atoms with Gasteiger partial charge in [0.1, 0.15) is 11.1 Å². The van der Waals surface area contributed by atoms with Gasteiger partial charge in [-0.15, -0.1) is 0 Å². The summed E-state index contributed by atoms with van der Waals surface area (Å²) in [7, 11) is 0. The number of nitrogens with two attached hydrogens (primary N) is 1. The lowest BCUT2D eigenvalue weighted by Gasteiger charge is -2.24. The zero-order chi connectivity index (χ0) is 23.8. The van der Waals surface area contributed by atoms with Gasteiger partial charge in [0.2, 0.25) is 0 Å². The van der Waals surface area contributed by atoms with Crippen LogP contribution in [-0.2, 0) is 11.3 Å². The monoisotopic (exact) mass is 456 g/mol. The first-order valence-corrected chi connectivity index (χ1v) is 10.9. The summed E-state index contributed by atoms with van der Waals surface area (Å²) in [4.78, 5) is 35.8. The zero-order valence-electron chi connectivity index (χ0n) is 19.2. The van der Waals surface area contributed by atoms with Crippen molar-refractivity contribution in [1.29, 1.82) is 0 Å². The molecule has 0 radical (unpaired) electrons. The van der Waals surface area contributed by atoms with Crippen LogP contribution in [0.5, 0.6) is 0 Å². The van der Waals surface area contributed by atoms with Gasteiger partial charge in [-0.3, -0.25) is 9.78 Å². The lowest BCUT2D eigenvalue weighted by molar-refractivity contribution is 0.0288. The van der Waals surface area contributed by atoms with Crippen molar-refractivity contribution in [3.05, 3.63) is 18.0 Å². The number of aryl methyl sites for hydroxylation is 1. The smallest absolute Gasteiger partial charge is 0.410 e. The van der Waals surface area contributed by atoms with E-state index in [-0.39, 0.29) is 23.7 Å². The molecule has 0 saturated carbocycles. The van der Waals surface area contributed by atoms with E-state index in [4.69, 9.17) is 15.1 Å². The topological polar surface area (TPSA) is 154 Å². The molecule has 3 aromatic rings. The second-order valence-corrected chi connectivity index (χ2v) is 9.02. The number of ether oxygens (including phenoxy) is 1. The molecule has 2 amide bonds. The Bertz CT molecular complexity index is 1180. The maximum atomic E-state index is 13.1. The van der Waals surface area contributed by atoms with Crippen LogP contribution in [0, 0.1) is 5.92 Å². The van der Waals surface area contributed by atoms with Gasteiger partial charge in [0.25, 0.3) is 5.91 Å². The fourth-order valence-electron chi connectivity index (χ4n) is 3.92. The molecule has 0 aromatic carbocycles. The third-order valence-corrected chi connectivity index (χ3v) is 5.43. The summed E-state index contributed by atoms with van der Waals surface area (Å²) >= 11 is 0. The van der Waals surface area contributed by atoms with Crippen molar-refractivity contribution < 1.29 is 19.0 Å². The number of nitrogens with zero attached hydrogens (tertiary/aromatic N) is 6. The lowest BCUT2D eigenvalue weighted by atomic mass is 10.1.